The summed E-state index contributed by atoms with van der Waals surface area (Å²) in [5.41, 5.74) is 2.01. The van der Waals surface area contributed by atoms with Gasteiger partial charge in [0.2, 0.25) is 0 Å². The van der Waals surface area contributed by atoms with Crippen molar-refractivity contribution in [3.8, 4) is 22.8 Å². The molecule has 1 N–H and O–H groups in total. The van der Waals surface area contributed by atoms with Crippen molar-refractivity contribution >= 4 is 33.0 Å². The summed E-state index contributed by atoms with van der Waals surface area (Å²) in [6.07, 6.45) is 0.441. The maximum Gasteiger partial charge on any atom is 0.276 e. The van der Waals surface area contributed by atoms with Crippen LogP contribution in [-0.4, -0.2) is 49.8 Å². The Morgan fingerprint density at radius 1 is 1.12 bits per heavy atom. The van der Waals surface area contributed by atoms with Crippen molar-refractivity contribution in [1.29, 1.82) is 0 Å². The minimum Gasteiger partial charge on any atom is -0.497 e. The van der Waals surface area contributed by atoms with Crippen molar-refractivity contribution in [2.75, 3.05) is 31.0 Å². The monoisotopic (exact) mass is 475 g/mol. The van der Waals surface area contributed by atoms with Gasteiger partial charge in [-0.25, -0.2) is 8.42 Å². The molecule has 1 saturated heterocycles. The van der Waals surface area contributed by atoms with Crippen LogP contribution in [0.25, 0.3) is 11.3 Å². The molecule has 1 aliphatic heterocycles. The highest BCUT2D eigenvalue weighted by Crippen LogP contribution is 2.32. The number of methoxy groups -OCH3 is 2. The summed E-state index contributed by atoms with van der Waals surface area (Å²) in [5.74, 6) is 0.774. The molecule has 2 heterocycles. The van der Waals surface area contributed by atoms with E-state index in [2.05, 4.69) is 10.4 Å². The molecular weight excluding hydrogens is 454 g/mol. The Bertz CT molecular complexity index is 1260. The first-order valence-electron chi connectivity index (χ1n) is 9.89. The van der Waals surface area contributed by atoms with E-state index in [-0.39, 0.29) is 23.2 Å². The van der Waals surface area contributed by atoms with Gasteiger partial charge in [-0.15, -0.1) is 0 Å². The minimum absolute atomic E-state index is 0.0129. The second-order valence-electron chi connectivity index (χ2n) is 7.44. The largest absolute Gasteiger partial charge is 0.497 e. The lowest BCUT2D eigenvalue weighted by Crippen LogP contribution is -2.17. The van der Waals surface area contributed by atoms with Crippen molar-refractivity contribution in [2.45, 2.75) is 12.5 Å². The number of nitrogens with zero attached hydrogens (tertiary/aromatic N) is 2. The number of amides is 1. The van der Waals surface area contributed by atoms with Crippen LogP contribution in [0.5, 0.6) is 11.5 Å². The quantitative estimate of drug-likeness (QED) is 0.581. The first kappa shape index (κ1) is 22.2. The van der Waals surface area contributed by atoms with E-state index in [4.69, 9.17) is 21.1 Å². The van der Waals surface area contributed by atoms with Crippen LogP contribution in [0.3, 0.4) is 0 Å². The van der Waals surface area contributed by atoms with Gasteiger partial charge < -0.3 is 14.8 Å². The molecule has 1 atom stereocenters. The van der Waals surface area contributed by atoms with Crippen LogP contribution in [0.15, 0.2) is 48.5 Å². The van der Waals surface area contributed by atoms with Gasteiger partial charge in [0.25, 0.3) is 5.91 Å². The van der Waals surface area contributed by atoms with E-state index in [9.17, 15) is 13.2 Å². The molecule has 1 aromatic heterocycles. The Balaban J connectivity index is 1.71. The van der Waals surface area contributed by atoms with Crippen molar-refractivity contribution in [2.24, 2.45) is 0 Å². The van der Waals surface area contributed by atoms with Gasteiger partial charge in [-0.05, 0) is 55.0 Å². The van der Waals surface area contributed by atoms with E-state index in [1.165, 1.54) is 7.11 Å². The van der Waals surface area contributed by atoms with Crippen LogP contribution < -0.4 is 14.8 Å². The molecule has 1 fully saturated rings. The number of sulfone groups is 1. The Hall–Kier alpha value is -3.04. The van der Waals surface area contributed by atoms with Crippen LogP contribution in [-0.2, 0) is 9.84 Å². The van der Waals surface area contributed by atoms with Crippen molar-refractivity contribution in [3.05, 3.63) is 59.2 Å². The molecule has 0 unspecified atom stereocenters. The summed E-state index contributed by atoms with van der Waals surface area (Å²) >= 11 is 6.06. The fraction of sp³-hybridized carbons (Fsp3) is 0.273. The molecule has 1 aliphatic rings. The number of anilines is 1. The number of hydrogen-bond acceptors (Lipinski definition) is 6. The highest BCUT2D eigenvalue weighted by atomic mass is 35.5. The first-order chi connectivity index (χ1) is 15.3. The fourth-order valence-electron chi connectivity index (χ4n) is 3.69. The van der Waals surface area contributed by atoms with E-state index in [1.807, 2.05) is 12.1 Å². The van der Waals surface area contributed by atoms with E-state index in [0.717, 1.165) is 5.56 Å². The fourth-order valence-corrected chi connectivity index (χ4v) is 5.56. The van der Waals surface area contributed by atoms with Crippen LogP contribution in [0.4, 0.5) is 5.69 Å². The van der Waals surface area contributed by atoms with Crippen molar-refractivity contribution in [1.82, 2.24) is 9.78 Å². The molecule has 8 nitrogen and oxygen atoms in total. The first-order valence-corrected chi connectivity index (χ1v) is 12.1. The standard InChI is InChI=1S/C22H22ClN3O5S/c1-30-17-6-3-14(4-7-17)20-12-19(25-26(20)16-9-10-32(28,29)13-16)22(27)24-18-11-15(23)5-8-21(18)31-2/h3-8,11-12,16H,9-10,13H2,1-2H3,(H,24,27)/t16-/m0/s1. The molecule has 0 radical (unpaired) electrons. The number of rotatable bonds is 6. The predicted molar refractivity (Wildman–Crippen MR) is 122 cm³/mol. The van der Waals surface area contributed by atoms with Gasteiger partial charge in [-0.3, -0.25) is 9.48 Å². The lowest BCUT2D eigenvalue weighted by Gasteiger charge is -2.13. The van der Waals surface area contributed by atoms with Gasteiger partial charge in [0, 0.05) is 10.6 Å². The van der Waals surface area contributed by atoms with Gasteiger partial charge >= 0.3 is 0 Å². The van der Waals surface area contributed by atoms with E-state index >= 15 is 0 Å². The SMILES string of the molecule is COc1ccc(-c2cc(C(=O)Nc3cc(Cl)ccc3OC)nn2[C@H]2CCS(=O)(=O)C2)cc1. The molecule has 3 aromatic rings. The molecule has 0 saturated carbocycles. The number of benzene rings is 2. The molecule has 2 aromatic carbocycles. The molecule has 0 spiro atoms. The normalized spacial score (nSPS) is 17.2. The maximum atomic E-state index is 13.0. The van der Waals surface area contributed by atoms with Crippen molar-refractivity contribution < 1.29 is 22.7 Å². The Morgan fingerprint density at radius 3 is 2.50 bits per heavy atom. The number of ether oxygens (including phenoxy) is 2. The highest BCUT2D eigenvalue weighted by molar-refractivity contribution is 7.91. The molecule has 10 heteroatoms. The summed E-state index contributed by atoms with van der Waals surface area (Å²) < 4.78 is 36.3. The molecular formula is C22H22ClN3O5S. The molecule has 4 rings (SSSR count). The zero-order valence-electron chi connectivity index (χ0n) is 17.5. The van der Waals surface area contributed by atoms with Crippen molar-refractivity contribution in [3.63, 3.8) is 0 Å². The van der Waals surface area contributed by atoms with E-state index < -0.39 is 15.7 Å². The van der Waals surface area contributed by atoms with E-state index in [0.29, 0.717) is 34.3 Å². The minimum atomic E-state index is -3.14. The molecule has 32 heavy (non-hydrogen) atoms. The van der Waals surface area contributed by atoms with Crippen LogP contribution in [0.2, 0.25) is 5.02 Å². The molecule has 1 amide bonds. The Kier molecular flexibility index (Phi) is 6.12. The van der Waals surface area contributed by atoms with E-state index in [1.54, 1.807) is 48.2 Å². The number of halogens is 1. The van der Waals surface area contributed by atoms with Gasteiger partial charge in [0.05, 0.1) is 43.1 Å². The van der Waals surface area contributed by atoms with Gasteiger partial charge in [-0.1, -0.05) is 11.6 Å². The molecule has 0 aliphatic carbocycles. The lowest BCUT2D eigenvalue weighted by atomic mass is 10.1. The Labute approximate surface area is 191 Å². The third kappa shape index (κ3) is 4.58. The second kappa shape index (κ2) is 8.84. The number of hydrogen-bond donors (Lipinski definition) is 1. The maximum absolute atomic E-state index is 13.0. The second-order valence-corrected chi connectivity index (χ2v) is 10.1. The third-order valence-corrected chi connectivity index (χ3v) is 7.30. The predicted octanol–water partition coefficient (Wildman–Crippen LogP) is 3.83. The zero-order valence-corrected chi connectivity index (χ0v) is 19.1. The lowest BCUT2D eigenvalue weighted by molar-refractivity contribution is 0.102. The topological polar surface area (TPSA) is 99.5 Å². The summed E-state index contributed by atoms with van der Waals surface area (Å²) in [6, 6.07) is 13.5. The number of carbonyl (C=O) groups excluding carboxylic acids is 1. The average Bonchev–Trinajstić information content (AvgIpc) is 3.37. The van der Waals surface area contributed by atoms with Gasteiger partial charge in [0.1, 0.15) is 11.5 Å². The third-order valence-electron chi connectivity index (χ3n) is 5.32. The number of aromatic nitrogens is 2. The van der Waals surface area contributed by atoms with Crippen LogP contribution in [0, 0.1) is 0 Å². The van der Waals surface area contributed by atoms with Crippen LogP contribution in [0.1, 0.15) is 23.0 Å². The Morgan fingerprint density at radius 2 is 1.88 bits per heavy atom. The van der Waals surface area contributed by atoms with Crippen LogP contribution >= 0.6 is 11.6 Å². The summed E-state index contributed by atoms with van der Waals surface area (Å²) in [7, 11) is -0.0646. The zero-order chi connectivity index (χ0) is 22.9. The molecule has 0 bridgehead atoms. The number of carbonyl (C=O) groups is 1. The molecule has 168 valence electrons. The number of nitrogens with one attached hydrogen (secondary N) is 1. The highest BCUT2D eigenvalue weighted by Gasteiger charge is 2.32. The van der Waals surface area contributed by atoms with Gasteiger partial charge in [-0.2, -0.15) is 5.10 Å². The smallest absolute Gasteiger partial charge is 0.276 e. The summed E-state index contributed by atoms with van der Waals surface area (Å²) in [6.45, 7) is 0. The van der Waals surface area contributed by atoms with Gasteiger partial charge in [0.15, 0.2) is 15.5 Å². The summed E-state index contributed by atoms with van der Waals surface area (Å²) in [5, 5.41) is 7.71. The average molecular weight is 476 g/mol. The summed E-state index contributed by atoms with van der Waals surface area (Å²) in [4.78, 5) is 13.0.